The van der Waals surface area contributed by atoms with E-state index >= 15 is 0 Å². The van der Waals surface area contributed by atoms with Crippen molar-refractivity contribution in [2.75, 3.05) is 0 Å². The summed E-state index contributed by atoms with van der Waals surface area (Å²) in [6.07, 6.45) is 6.31. The molecule has 0 saturated carbocycles. The molecule has 0 aliphatic carbocycles. The summed E-state index contributed by atoms with van der Waals surface area (Å²) < 4.78 is 0. The van der Waals surface area contributed by atoms with Crippen LogP contribution in [0.1, 0.15) is 11.4 Å². The summed E-state index contributed by atoms with van der Waals surface area (Å²) in [5.74, 6) is -2.22. The van der Waals surface area contributed by atoms with E-state index in [2.05, 4.69) is 19.9 Å². The molecule has 2 aromatic heterocycles. The fraction of sp³-hybridized carbons (Fsp3) is 0.333. The minimum atomic E-state index is -1.11. The van der Waals surface area contributed by atoms with Crippen molar-refractivity contribution in [2.45, 2.75) is 24.9 Å². The van der Waals surface area contributed by atoms with Gasteiger partial charge in [-0.1, -0.05) is 0 Å². The van der Waals surface area contributed by atoms with Crippen LogP contribution in [-0.2, 0) is 49.7 Å². The van der Waals surface area contributed by atoms with Crippen LogP contribution < -0.4 is 0 Å². The van der Waals surface area contributed by atoms with Crippen molar-refractivity contribution < 1.29 is 47.1 Å². The van der Waals surface area contributed by atoms with Crippen molar-refractivity contribution >= 4 is 11.9 Å². The summed E-state index contributed by atoms with van der Waals surface area (Å²) >= 11 is 0. The average molecular weight is 421 g/mol. The fourth-order valence-electron chi connectivity index (χ4n) is 1.41. The Morgan fingerprint density at radius 1 is 0.957 bits per heavy atom. The van der Waals surface area contributed by atoms with E-state index in [9.17, 15) is 9.59 Å². The number of carboxylic acid groups (broad SMARTS) is 2. The molecular weight excluding hydrogens is 405 g/mol. The van der Waals surface area contributed by atoms with Crippen LogP contribution in [0.4, 0.5) is 0 Å². The Labute approximate surface area is 151 Å². The first kappa shape index (κ1) is 21.2. The van der Waals surface area contributed by atoms with E-state index in [1.807, 2.05) is 0 Å². The van der Waals surface area contributed by atoms with E-state index in [1.165, 1.54) is 25.0 Å². The third kappa shape index (κ3) is 8.42. The number of aliphatic carboxylic acids is 2. The zero-order valence-electron chi connectivity index (χ0n) is 12.2. The maximum Gasteiger partial charge on any atom is 2.00 e. The van der Waals surface area contributed by atoms with Gasteiger partial charge in [-0.05, 0) is 24.9 Å². The molecular formula is C12H16CdN6O4. The second kappa shape index (κ2) is 10.8. The van der Waals surface area contributed by atoms with Crippen LogP contribution in [0.3, 0.4) is 0 Å². The molecule has 2 atom stereocenters. The Hall–Kier alpha value is -1.80. The summed E-state index contributed by atoms with van der Waals surface area (Å²) in [5.41, 5.74) is 15.5. The van der Waals surface area contributed by atoms with Crippen molar-refractivity contribution in [3.8, 4) is 0 Å². The van der Waals surface area contributed by atoms with Gasteiger partial charge in [0.15, 0.2) is 0 Å². The molecule has 6 N–H and O–H groups in total. The van der Waals surface area contributed by atoms with Gasteiger partial charge in [0, 0.05) is 23.8 Å². The van der Waals surface area contributed by atoms with Crippen molar-refractivity contribution in [1.29, 1.82) is 0 Å². The van der Waals surface area contributed by atoms with Gasteiger partial charge < -0.3 is 31.6 Å². The zero-order chi connectivity index (χ0) is 16.5. The predicted octanol–water partition coefficient (Wildman–Crippen LogP) is 0.913. The molecule has 0 amide bonds. The Morgan fingerprint density at radius 2 is 1.30 bits per heavy atom. The Balaban J connectivity index is 0.000000403. The SMILES string of the molecule is [Cd+2].[NH-][C@@H](Cc1cnc[nH]1)C(=O)O.[NH-][C@@H](Cc1cnc[nH]1)C(=O)O. The van der Waals surface area contributed by atoms with Crippen LogP contribution >= 0.6 is 0 Å². The summed E-state index contributed by atoms with van der Waals surface area (Å²) in [6.45, 7) is 0. The molecule has 0 saturated heterocycles. The van der Waals surface area contributed by atoms with Crippen molar-refractivity contribution in [3.63, 3.8) is 0 Å². The van der Waals surface area contributed by atoms with Gasteiger partial charge in [0.25, 0.3) is 11.9 Å². The zero-order valence-corrected chi connectivity index (χ0v) is 16.2. The van der Waals surface area contributed by atoms with E-state index in [-0.39, 0.29) is 40.1 Å². The largest absolute Gasteiger partial charge is 2.00 e. The molecule has 120 valence electrons. The van der Waals surface area contributed by atoms with Crippen LogP contribution in [0, 0.1) is 0 Å². The second-order valence-electron chi connectivity index (χ2n) is 4.34. The first-order valence-corrected chi connectivity index (χ1v) is 6.22. The maximum absolute atomic E-state index is 10.2. The number of aromatic nitrogens is 4. The van der Waals surface area contributed by atoms with E-state index in [4.69, 9.17) is 21.7 Å². The molecule has 2 aromatic rings. The quantitative estimate of drug-likeness (QED) is 0.504. The van der Waals surface area contributed by atoms with Crippen LogP contribution in [0.2, 0.25) is 0 Å². The molecule has 0 aliphatic heterocycles. The van der Waals surface area contributed by atoms with Crippen molar-refractivity contribution in [1.82, 2.24) is 19.9 Å². The Kier molecular flexibility index (Phi) is 10.0. The molecule has 2 rings (SSSR count). The average Bonchev–Trinajstić information content (AvgIpc) is 3.12. The topological polar surface area (TPSA) is 180 Å². The summed E-state index contributed by atoms with van der Waals surface area (Å²) in [5, 5.41) is 16.7. The summed E-state index contributed by atoms with van der Waals surface area (Å²) in [4.78, 5) is 33.3. The number of rotatable bonds is 6. The number of aromatic amines is 2. The first-order chi connectivity index (χ1) is 10.4. The molecule has 23 heavy (non-hydrogen) atoms. The van der Waals surface area contributed by atoms with Gasteiger partial charge in [0.05, 0.1) is 12.7 Å². The fourth-order valence-corrected chi connectivity index (χ4v) is 1.41. The van der Waals surface area contributed by atoms with Gasteiger partial charge in [0.1, 0.15) is 0 Å². The van der Waals surface area contributed by atoms with Gasteiger partial charge in [0.2, 0.25) is 0 Å². The molecule has 10 nitrogen and oxygen atoms in total. The maximum atomic E-state index is 10.2. The standard InChI is InChI=1S/2C6H8N3O2.Cd/c2*7-5(6(10)11)1-4-2-8-3-9-4;/h2*2-3,5,7H,1H2,(H,8,9)(H,10,11);/q2*-1;+2/t2*5-;/m00./s1. The third-order valence-electron chi connectivity index (χ3n) is 2.55. The Morgan fingerprint density at radius 3 is 1.52 bits per heavy atom. The monoisotopic (exact) mass is 422 g/mol. The molecule has 0 unspecified atom stereocenters. The van der Waals surface area contributed by atoms with Crippen LogP contribution in [0.25, 0.3) is 11.5 Å². The molecule has 0 radical (unpaired) electrons. The number of nitrogens with zero attached hydrogens (tertiary/aromatic N) is 2. The smallest absolute Gasteiger partial charge is 0.665 e. The summed E-state index contributed by atoms with van der Waals surface area (Å²) in [6, 6.07) is -2.20. The van der Waals surface area contributed by atoms with Crippen LogP contribution in [-0.4, -0.2) is 54.2 Å². The predicted molar refractivity (Wildman–Crippen MR) is 76.1 cm³/mol. The van der Waals surface area contributed by atoms with Gasteiger partial charge in [-0.25, -0.2) is 9.97 Å². The number of H-pyrrole nitrogens is 2. The number of carbonyl (C=O) groups is 2. The summed E-state index contributed by atoms with van der Waals surface area (Å²) in [7, 11) is 0. The van der Waals surface area contributed by atoms with Crippen LogP contribution in [0.5, 0.6) is 0 Å². The minimum Gasteiger partial charge on any atom is -0.665 e. The minimum absolute atomic E-state index is 0. The number of carboxylic acids is 2. The van der Waals surface area contributed by atoms with E-state index in [1.54, 1.807) is 0 Å². The molecule has 0 fully saturated rings. The molecule has 0 spiro atoms. The number of hydrogen-bond acceptors (Lipinski definition) is 4. The van der Waals surface area contributed by atoms with E-state index in [0.717, 1.165) is 0 Å². The molecule has 0 aromatic carbocycles. The van der Waals surface area contributed by atoms with Gasteiger partial charge >= 0.3 is 27.3 Å². The Bertz CT molecular complexity index is 522. The first-order valence-electron chi connectivity index (χ1n) is 6.22. The molecule has 0 aliphatic rings. The number of imidazole rings is 2. The van der Waals surface area contributed by atoms with Crippen molar-refractivity contribution in [2.24, 2.45) is 0 Å². The second-order valence-corrected chi connectivity index (χ2v) is 4.34. The van der Waals surface area contributed by atoms with Crippen LogP contribution in [0.15, 0.2) is 25.0 Å². The third-order valence-corrected chi connectivity index (χ3v) is 2.55. The normalized spacial score (nSPS) is 12.3. The van der Waals surface area contributed by atoms with Gasteiger partial charge in [-0.2, -0.15) is 0 Å². The molecule has 0 bridgehead atoms. The van der Waals surface area contributed by atoms with Gasteiger partial charge in [-0.3, -0.25) is 9.59 Å². The molecule has 11 heteroatoms. The number of nitrogens with one attached hydrogen (secondary N) is 4. The molecule has 2 heterocycles. The van der Waals surface area contributed by atoms with E-state index in [0.29, 0.717) is 11.4 Å². The number of hydrogen-bond donors (Lipinski definition) is 4. The van der Waals surface area contributed by atoms with Gasteiger partial charge in [-0.15, -0.1) is 0 Å². The van der Waals surface area contributed by atoms with E-state index < -0.39 is 24.0 Å². The van der Waals surface area contributed by atoms with Crippen molar-refractivity contribution in [3.05, 3.63) is 47.9 Å².